The van der Waals surface area contributed by atoms with E-state index in [0.717, 1.165) is 0 Å². The Labute approximate surface area is 57.4 Å². The number of nitrogens with one attached hydrogen (secondary N) is 1. The zero-order valence-corrected chi connectivity index (χ0v) is 5.45. The van der Waals surface area contributed by atoms with Crippen LogP contribution >= 0.6 is 23.4 Å². The van der Waals surface area contributed by atoms with Gasteiger partial charge in [-0.25, -0.2) is 0 Å². The summed E-state index contributed by atoms with van der Waals surface area (Å²) < 4.78 is 1.20. The van der Waals surface area contributed by atoms with Crippen molar-refractivity contribution in [1.29, 1.82) is 0 Å². The third kappa shape index (κ3) is 1.08. The molecule has 1 aliphatic rings. The van der Waals surface area contributed by atoms with Crippen molar-refractivity contribution in [2.45, 2.75) is 0 Å². The zero-order chi connectivity index (χ0) is 5.98. The van der Waals surface area contributed by atoms with Gasteiger partial charge < -0.3 is 0 Å². The summed E-state index contributed by atoms with van der Waals surface area (Å²) in [7, 11) is 0. The minimum atomic E-state index is 0.467. The van der Waals surface area contributed by atoms with Gasteiger partial charge in [-0.05, 0) is 12.2 Å². The Morgan fingerprint density at radius 3 is 2.75 bits per heavy atom. The molecule has 0 fully saturated rings. The second kappa shape index (κ2) is 2.29. The molecule has 0 radical (unpaired) electrons. The Hall–Kier alpha value is -0.340. The summed E-state index contributed by atoms with van der Waals surface area (Å²) in [5.41, 5.74) is 2.65. The number of hydrazine groups is 1. The lowest BCUT2D eigenvalue weighted by Gasteiger charge is -2.15. The van der Waals surface area contributed by atoms with Crippen molar-refractivity contribution in [2.75, 3.05) is 0 Å². The maximum atomic E-state index is 5.51. The zero-order valence-electron chi connectivity index (χ0n) is 3.94. The second-order valence-electron chi connectivity index (χ2n) is 1.26. The van der Waals surface area contributed by atoms with Crippen LogP contribution in [0.4, 0.5) is 0 Å². The van der Waals surface area contributed by atoms with Crippen molar-refractivity contribution < 1.29 is 0 Å². The molecule has 0 aromatic carbocycles. The van der Waals surface area contributed by atoms with E-state index in [4.69, 9.17) is 23.4 Å². The Balaban J connectivity index is 2.66. The van der Waals surface area contributed by atoms with Gasteiger partial charge in [0.1, 0.15) is 5.16 Å². The summed E-state index contributed by atoms with van der Waals surface area (Å²) in [6, 6.07) is 0. The van der Waals surface area contributed by atoms with Crippen LogP contribution in [0.1, 0.15) is 0 Å². The van der Waals surface area contributed by atoms with Gasteiger partial charge in [0.2, 0.25) is 0 Å². The molecule has 0 saturated carbocycles. The van der Waals surface area contributed by atoms with E-state index in [-0.39, 0.29) is 0 Å². The van der Waals surface area contributed by atoms with Gasteiger partial charge in [0, 0.05) is 18.0 Å². The molecular formula is C4H4Cl2N2. The van der Waals surface area contributed by atoms with Gasteiger partial charge in [0.25, 0.3) is 0 Å². The Kier molecular flexibility index (Phi) is 1.65. The molecule has 0 spiro atoms. The van der Waals surface area contributed by atoms with Crippen LogP contribution in [-0.4, -0.2) is 4.53 Å². The monoisotopic (exact) mass is 150 g/mol. The molecule has 0 aliphatic carbocycles. The summed E-state index contributed by atoms with van der Waals surface area (Å²) in [5, 5.41) is 0.467. The van der Waals surface area contributed by atoms with E-state index in [9.17, 15) is 0 Å². The maximum absolute atomic E-state index is 5.51. The van der Waals surface area contributed by atoms with Crippen molar-refractivity contribution in [3.8, 4) is 0 Å². The molecule has 0 aromatic heterocycles. The standard InChI is InChI=1S/C4H4Cl2N2/c5-4-2-1-3-7-8(4)6/h1-3,7H. The molecule has 1 rings (SSSR count). The molecule has 44 valence electrons. The van der Waals surface area contributed by atoms with Gasteiger partial charge in [0.15, 0.2) is 0 Å². The molecule has 8 heavy (non-hydrogen) atoms. The van der Waals surface area contributed by atoms with E-state index < -0.39 is 0 Å². The molecule has 1 N–H and O–H groups in total. The normalized spacial score (nSPS) is 17.8. The largest absolute Gasteiger partial charge is 0.290 e. The summed E-state index contributed by atoms with van der Waals surface area (Å²) in [4.78, 5) is 0. The van der Waals surface area contributed by atoms with Crippen molar-refractivity contribution in [3.05, 3.63) is 23.5 Å². The van der Waals surface area contributed by atoms with Gasteiger partial charge in [-0.3, -0.25) is 5.43 Å². The first kappa shape index (κ1) is 5.79. The van der Waals surface area contributed by atoms with Crippen LogP contribution in [0.2, 0.25) is 0 Å². The highest BCUT2D eigenvalue weighted by Gasteiger charge is 2.01. The van der Waals surface area contributed by atoms with Crippen molar-refractivity contribution in [3.63, 3.8) is 0 Å². The first-order chi connectivity index (χ1) is 3.80. The van der Waals surface area contributed by atoms with Crippen molar-refractivity contribution >= 4 is 23.4 Å². The maximum Gasteiger partial charge on any atom is 0.142 e. The number of nitrogens with zero attached hydrogens (tertiary/aromatic N) is 1. The van der Waals surface area contributed by atoms with Gasteiger partial charge in [-0.1, -0.05) is 11.6 Å². The number of hydrogen-bond acceptors (Lipinski definition) is 2. The third-order valence-corrected chi connectivity index (χ3v) is 1.37. The van der Waals surface area contributed by atoms with Gasteiger partial charge in [0.05, 0.1) is 0 Å². The lowest BCUT2D eigenvalue weighted by atomic mass is 10.5. The highest BCUT2D eigenvalue weighted by atomic mass is 35.5. The minimum absolute atomic E-state index is 0.467. The smallest absolute Gasteiger partial charge is 0.142 e. The highest BCUT2D eigenvalue weighted by molar-refractivity contribution is 6.33. The first-order valence-corrected chi connectivity index (χ1v) is 2.77. The number of allylic oxidation sites excluding steroid dienone is 2. The lowest BCUT2D eigenvalue weighted by Crippen LogP contribution is -2.23. The van der Waals surface area contributed by atoms with E-state index in [2.05, 4.69) is 5.43 Å². The molecule has 0 amide bonds. The van der Waals surface area contributed by atoms with Crippen LogP contribution in [0.5, 0.6) is 0 Å². The molecule has 0 unspecified atom stereocenters. The topological polar surface area (TPSA) is 15.3 Å². The van der Waals surface area contributed by atoms with Crippen LogP contribution < -0.4 is 5.43 Å². The Morgan fingerprint density at radius 2 is 2.38 bits per heavy atom. The van der Waals surface area contributed by atoms with Crippen molar-refractivity contribution in [2.24, 2.45) is 0 Å². The van der Waals surface area contributed by atoms with E-state index in [1.54, 1.807) is 18.4 Å². The van der Waals surface area contributed by atoms with Crippen molar-refractivity contribution in [1.82, 2.24) is 9.95 Å². The fraction of sp³-hybridized carbons (Fsp3) is 0. The Morgan fingerprint density at radius 1 is 1.62 bits per heavy atom. The molecule has 0 aromatic rings. The average Bonchev–Trinajstić information content (AvgIpc) is 1.77. The summed E-state index contributed by atoms with van der Waals surface area (Å²) in [5.74, 6) is 0. The minimum Gasteiger partial charge on any atom is -0.290 e. The SMILES string of the molecule is ClC1=CC=CNN1Cl. The van der Waals surface area contributed by atoms with Gasteiger partial charge >= 0.3 is 0 Å². The molecule has 1 aliphatic heterocycles. The molecule has 4 heteroatoms. The van der Waals surface area contributed by atoms with Crippen LogP contribution in [0.15, 0.2) is 23.5 Å². The van der Waals surface area contributed by atoms with E-state index in [1.807, 2.05) is 0 Å². The second-order valence-corrected chi connectivity index (χ2v) is 1.98. The number of rotatable bonds is 0. The predicted molar refractivity (Wildman–Crippen MR) is 33.9 cm³/mol. The summed E-state index contributed by atoms with van der Waals surface area (Å²) in [6.07, 6.45) is 5.13. The van der Waals surface area contributed by atoms with E-state index in [0.29, 0.717) is 5.16 Å². The highest BCUT2D eigenvalue weighted by Crippen LogP contribution is 2.11. The van der Waals surface area contributed by atoms with Crippen LogP contribution in [-0.2, 0) is 0 Å². The molecular weight excluding hydrogens is 147 g/mol. The molecule has 0 bridgehead atoms. The van der Waals surface area contributed by atoms with Crippen LogP contribution in [0.3, 0.4) is 0 Å². The average molecular weight is 151 g/mol. The number of hydrogen-bond donors (Lipinski definition) is 1. The predicted octanol–water partition coefficient (Wildman–Crippen LogP) is 1.55. The van der Waals surface area contributed by atoms with Gasteiger partial charge in [-0.2, -0.15) is 4.53 Å². The fourth-order valence-electron chi connectivity index (χ4n) is 0.363. The van der Waals surface area contributed by atoms with E-state index in [1.165, 1.54) is 4.53 Å². The van der Waals surface area contributed by atoms with Crippen LogP contribution in [0, 0.1) is 0 Å². The fourth-order valence-corrected chi connectivity index (χ4v) is 0.597. The first-order valence-electron chi connectivity index (χ1n) is 2.05. The summed E-state index contributed by atoms with van der Waals surface area (Å²) >= 11 is 10.9. The Bertz CT molecular complexity index is 141. The van der Waals surface area contributed by atoms with Crippen LogP contribution in [0.25, 0.3) is 0 Å². The lowest BCUT2D eigenvalue weighted by molar-refractivity contribution is 0.502. The summed E-state index contributed by atoms with van der Waals surface area (Å²) in [6.45, 7) is 0. The molecule has 1 heterocycles. The molecule has 0 atom stereocenters. The third-order valence-electron chi connectivity index (χ3n) is 0.705. The van der Waals surface area contributed by atoms with Gasteiger partial charge in [-0.15, -0.1) is 0 Å². The molecule has 2 nitrogen and oxygen atoms in total. The molecule has 0 saturated heterocycles. The van der Waals surface area contributed by atoms with E-state index >= 15 is 0 Å². The quantitative estimate of drug-likeness (QED) is 0.417. The number of halogens is 2.